The Kier molecular flexibility index (Phi) is 5.41. The molecule has 0 atom stereocenters. The smallest absolute Gasteiger partial charge is 0.493 e. The minimum atomic E-state index is -5.92. The largest absolute Gasteiger partial charge is 0.534 e. The van der Waals surface area contributed by atoms with Gasteiger partial charge in [0.05, 0.1) is 18.3 Å². The summed E-state index contributed by atoms with van der Waals surface area (Å²) in [5, 5.41) is 3.09. The third-order valence-electron chi connectivity index (χ3n) is 3.59. The number of aromatic nitrogens is 2. The van der Waals surface area contributed by atoms with Crippen LogP contribution in [0.25, 0.3) is 10.9 Å². The standard InChI is InChI=1S/C16H10ClF4N3O4S/c1-27-13-5-9-12(6-14(13)28-29(25,26)16(19,20)21)22-7-23-15(9)24-11-3-2-8(17)4-10(11)18/h2-7H,1H3,(H,22,23,24). The molecule has 7 nitrogen and oxygen atoms in total. The van der Waals surface area contributed by atoms with E-state index in [1.807, 2.05) is 0 Å². The fourth-order valence-corrected chi connectivity index (χ4v) is 2.89. The van der Waals surface area contributed by atoms with Crippen LogP contribution in [0, 0.1) is 5.82 Å². The second kappa shape index (κ2) is 7.52. The number of ether oxygens (including phenoxy) is 1. The van der Waals surface area contributed by atoms with Crippen LogP contribution in [0.4, 0.5) is 29.1 Å². The van der Waals surface area contributed by atoms with Crippen molar-refractivity contribution in [2.75, 3.05) is 12.4 Å². The van der Waals surface area contributed by atoms with Crippen molar-refractivity contribution in [1.29, 1.82) is 0 Å². The minimum absolute atomic E-state index is 0.0186. The molecule has 0 fully saturated rings. The molecular weight excluding hydrogens is 442 g/mol. The van der Waals surface area contributed by atoms with Crippen LogP contribution in [0.5, 0.6) is 11.5 Å². The Morgan fingerprint density at radius 2 is 1.83 bits per heavy atom. The van der Waals surface area contributed by atoms with Gasteiger partial charge in [0, 0.05) is 16.5 Å². The van der Waals surface area contributed by atoms with Crippen LogP contribution in [0.15, 0.2) is 36.7 Å². The molecule has 0 aliphatic carbocycles. The number of rotatable bonds is 5. The van der Waals surface area contributed by atoms with Crippen molar-refractivity contribution in [3.63, 3.8) is 0 Å². The van der Waals surface area contributed by atoms with E-state index in [1.54, 1.807) is 0 Å². The number of nitrogens with zero attached hydrogens (tertiary/aromatic N) is 2. The van der Waals surface area contributed by atoms with Gasteiger partial charge >= 0.3 is 15.6 Å². The summed E-state index contributed by atoms with van der Waals surface area (Å²) in [5.41, 5.74) is -5.59. The Hall–Kier alpha value is -2.86. The molecule has 29 heavy (non-hydrogen) atoms. The topological polar surface area (TPSA) is 90.4 Å². The maximum atomic E-state index is 14.0. The number of anilines is 2. The molecule has 0 amide bonds. The first kappa shape index (κ1) is 20.9. The van der Waals surface area contributed by atoms with Gasteiger partial charge in [0.2, 0.25) is 0 Å². The van der Waals surface area contributed by atoms with E-state index in [2.05, 4.69) is 19.5 Å². The molecule has 0 aliphatic rings. The predicted molar refractivity (Wildman–Crippen MR) is 96.4 cm³/mol. The molecule has 0 spiro atoms. The van der Waals surface area contributed by atoms with Gasteiger partial charge in [0.15, 0.2) is 11.5 Å². The Morgan fingerprint density at radius 1 is 1.10 bits per heavy atom. The summed E-state index contributed by atoms with van der Waals surface area (Å²) in [6.45, 7) is 0. The van der Waals surface area contributed by atoms with Crippen molar-refractivity contribution >= 4 is 44.1 Å². The van der Waals surface area contributed by atoms with Gasteiger partial charge in [-0.05, 0) is 24.3 Å². The molecule has 1 heterocycles. The van der Waals surface area contributed by atoms with Gasteiger partial charge in [-0.1, -0.05) is 11.6 Å². The fourth-order valence-electron chi connectivity index (χ4n) is 2.27. The van der Waals surface area contributed by atoms with Gasteiger partial charge in [-0.2, -0.15) is 21.6 Å². The first-order valence-corrected chi connectivity index (χ1v) is 9.36. The van der Waals surface area contributed by atoms with Gasteiger partial charge in [-0.15, -0.1) is 0 Å². The number of benzene rings is 2. The van der Waals surface area contributed by atoms with Crippen molar-refractivity contribution in [2.45, 2.75) is 5.51 Å². The summed E-state index contributed by atoms with van der Waals surface area (Å²) >= 11 is 5.70. The normalized spacial score (nSPS) is 12.1. The molecule has 0 aliphatic heterocycles. The minimum Gasteiger partial charge on any atom is -0.493 e. The van der Waals surface area contributed by atoms with Crippen LogP contribution in [0.1, 0.15) is 0 Å². The summed E-state index contributed by atoms with van der Waals surface area (Å²) in [6, 6.07) is 5.96. The monoisotopic (exact) mass is 451 g/mol. The highest BCUT2D eigenvalue weighted by Crippen LogP contribution is 2.37. The first-order valence-electron chi connectivity index (χ1n) is 7.57. The number of hydrogen-bond acceptors (Lipinski definition) is 7. The van der Waals surface area contributed by atoms with Crippen molar-refractivity contribution in [1.82, 2.24) is 9.97 Å². The Labute approximate surface area is 166 Å². The number of halogens is 5. The molecule has 1 N–H and O–H groups in total. The van der Waals surface area contributed by atoms with E-state index in [0.29, 0.717) is 0 Å². The Bertz CT molecular complexity index is 1190. The van der Waals surface area contributed by atoms with Crippen molar-refractivity contribution in [2.24, 2.45) is 0 Å². The highest BCUT2D eigenvalue weighted by Gasteiger charge is 2.49. The van der Waals surface area contributed by atoms with Gasteiger partial charge < -0.3 is 14.2 Å². The lowest BCUT2D eigenvalue weighted by Gasteiger charge is -2.14. The summed E-state index contributed by atoms with van der Waals surface area (Å²) in [5.74, 6) is -1.65. The Morgan fingerprint density at radius 3 is 2.45 bits per heavy atom. The first-order chi connectivity index (χ1) is 13.5. The highest BCUT2D eigenvalue weighted by molar-refractivity contribution is 7.88. The van der Waals surface area contributed by atoms with Crippen LogP contribution in [0.3, 0.4) is 0 Å². The van der Waals surface area contributed by atoms with Gasteiger partial charge in [0.1, 0.15) is 18.0 Å². The molecule has 154 valence electrons. The van der Waals surface area contributed by atoms with Gasteiger partial charge in [0.25, 0.3) is 0 Å². The SMILES string of the molecule is COc1cc2c(Nc3ccc(Cl)cc3F)ncnc2cc1OS(=O)(=O)C(F)(F)F. The zero-order valence-electron chi connectivity index (χ0n) is 14.3. The lowest BCUT2D eigenvalue weighted by molar-refractivity contribution is -0.0500. The van der Waals surface area contributed by atoms with Crippen LogP contribution < -0.4 is 14.2 Å². The number of nitrogens with one attached hydrogen (secondary N) is 1. The van der Waals surface area contributed by atoms with E-state index in [4.69, 9.17) is 16.3 Å². The predicted octanol–water partition coefficient (Wildman–Crippen LogP) is 4.40. The number of methoxy groups -OCH3 is 1. The Balaban J connectivity index is 2.07. The molecule has 3 aromatic rings. The summed E-state index contributed by atoms with van der Waals surface area (Å²) in [7, 11) is -4.82. The molecule has 13 heteroatoms. The van der Waals surface area contributed by atoms with E-state index in [-0.39, 0.29) is 33.2 Å². The van der Waals surface area contributed by atoms with Crippen molar-refractivity contribution in [3.8, 4) is 11.5 Å². The number of alkyl halides is 3. The summed E-state index contributed by atoms with van der Waals surface area (Å²) < 4.78 is 83.5. The lowest BCUT2D eigenvalue weighted by atomic mass is 10.2. The number of hydrogen-bond donors (Lipinski definition) is 1. The zero-order valence-corrected chi connectivity index (χ0v) is 15.9. The molecule has 0 radical (unpaired) electrons. The fraction of sp³-hybridized carbons (Fsp3) is 0.125. The van der Waals surface area contributed by atoms with Gasteiger partial charge in [-0.25, -0.2) is 14.4 Å². The van der Waals surface area contributed by atoms with E-state index >= 15 is 0 Å². The average Bonchev–Trinajstić information content (AvgIpc) is 2.62. The van der Waals surface area contributed by atoms with Crippen LogP contribution >= 0.6 is 11.6 Å². The lowest BCUT2D eigenvalue weighted by Crippen LogP contribution is -2.28. The maximum Gasteiger partial charge on any atom is 0.534 e. The van der Waals surface area contributed by atoms with Crippen LogP contribution in [0.2, 0.25) is 5.02 Å². The third-order valence-corrected chi connectivity index (χ3v) is 4.79. The van der Waals surface area contributed by atoms with E-state index in [1.165, 1.54) is 12.1 Å². The van der Waals surface area contributed by atoms with Crippen molar-refractivity contribution in [3.05, 3.63) is 47.5 Å². The molecule has 0 saturated heterocycles. The van der Waals surface area contributed by atoms with Crippen LogP contribution in [-0.2, 0) is 10.1 Å². The zero-order chi connectivity index (χ0) is 21.4. The number of fused-ring (bicyclic) bond motifs is 1. The second-order valence-corrected chi connectivity index (χ2v) is 7.45. The van der Waals surface area contributed by atoms with Crippen LogP contribution in [-0.4, -0.2) is 31.0 Å². The molecule has 2 aromatic carbocycles. The van der Waals surface area contributed by atoms with E-state index < -0.39 is 27.2 Å². The summed E-state index contributed by atoms with van der Waals surface area (Å²) in [6.07, 6.45) is 1.05. The molecule has 1 aromatic heterocycles. The molecule has 0 saturated carbocycles. The summed E-state index contributed by atoms with van der Waals surface area (Å²) in [4.78, 5) is 7.84. The highest BCUT2D eigenvalue weighted by atomic mass is 35.5. The molecule has 0 bridgehead atoms. The third kappa shape index (κ3) is 4.27. The quantitative estimate of drug-likeness (QED) is 0.349. The average molecular weight is 452 g/mol. The van der Waals surface area contributed by atoms with Gasteiger partial charge in [-0.3, -0.25) is 0 Å². The second-order valence-electron chi connectivity index (χ2n) is 5.47. The molecule has 3 rings (SSSR count). The maximum absolute atomic E-state index is 14.0. The van der Waals surface area contributed by atoms with Crippen molar-refractivity contribution < 1.29 is 34.9 Å². The molecule has 0 unspecified atom stereocenters. The van der Waals surface area contributed by atoms with E-state index in [0.717, 1.165) is 31.6 Å². The van der Waals surface area contributed by atoms with E-state index in [9.17, 15) is 26.0 Å². The molecular formula is C16H10ClF4N3O4S.